The van der Waals surface area contributed by atoms with Gasteiger partial charge >= 0.3 is 0 Å². The maximum absolute atomic E-state index is 11.8. The van der Waals surface area contributed by atoms with E-state index in [0.29, 0.717) is 6.04 Å². The molecule has 1 aliphatic heterocycles. The molecule has 1 heterocycles. The number of nitrogens with zero attached hydrogens (tertiary/aromatic N) is 1. The number of hydrogen-bond donors (Lipinski definition) is 2. The Balaban J connectivity index is 2.17. The minimum atomic E-state index is -0.0934. The molecule has 0 radical (unpaired) electrons. The first-order valence-electron chi connectivity index (χ1n) is 7.90. The minimum absolute atomic E-state index is 0.0934. The lowest BCUT2D eigenvalue weighted by atomic mass is 10.1. The number of nitrogens with one attached hydrogen (secondary N) is 2. The van der Waals surface area contributed by atoms with Crippen LogP contribution >= 0.6 is 0 Å². The summed E-state index contributed by atoms with van der Waals surface area (Å²) >= 11 is 0. The first-order chi connectivity index (χ1) is 9.15. The molecule has 0 aromatic heterocycles. The van der Waals surface area contributed by atoms with Gasteiger partial charge in [0.1, 0.15) is 0 Å². The van der Waals surface area contributed by atoms with Gasteiger partial charge in [0.05, 0.1) is 6.04 Å². The number of amides is 1. The highest BCUT2D eigenvalue weighted by Crippen LogP contribution is 2.11. The van der Waals surface area contributed by atoms with Crippen LogP contribution in [0.4, 0.5) is 0 Å². The van der Waals surface area contributed by atoms with Crippen LogP contribution in [0.5, 0.6) is 0 Å². The third kappa shape index (κ3) is 6.39. The Morgan fingerprint density at radius 2 is 1.89 bits per heavy atom. The summed E-state index contributed by atoms with van der Waals surface area (Å²) in [7, 11) is 0. The molecular weight excluding hydrogens is 238 g/mol. The Bertz CT molecular complexity index is 252. The molecule has 4 heteroatoms. The molecule has 2 N–H and O–H groups in total. The van der Waals surface area contributed by atoms with Crippen LogP contribution in [0.3, 0.4) is 0 Å². The highest BCUT2D eigenvalue weighted by Gasteiger charge is 2.18. The van der Waals surface area contributed by atoms with Crippen molar-refractivity contribution in [3.05, 3.63) is 0 Å². The molecule has 1 fully saturated rings. The third-order valence-corrected chi connectivity index (χ3v) is 3.96. The van der Waals surface area contributed by atoms with E-state index in [-0.39, 0.29) is 11.9 Å². The molecule has 0 aromatic carbocycles. The van der Waals surface area contributed by atoms with Gasteiger partial charge in [-0.25, -0.2) is 0 Å². The molecule has 0 aliphatic carbocycles. The Hall–Kier alpha value is -0.610. The van der Waals surface area contributed by atoms with Crippen LogP contribution in [0.15, 0.2) is 0 Å². The van der Waals surface area contributed by atoms with E-state index in [9.17, 15) is 4.79 Å². The zero-order valence-electron chi connectivity index (χ0n) is 12.9. The van der Waals surface area contributed by atoms with Crippen LogP contribution in [0, 0.1) is 0 Å². The van der Waals surface area contributed by atoms with Gasteiger partial charge in [-0.3, -0.25) is 9.69 Å². The standard InChI is InChI=1S/C15H31N3O/c1-4-5-9-16-15(19)14(3)17-12-13(2)18-10-7-6-8-11-18/h13-14,17H,4-12H2,1-3H3,(H,16,19). The van der Waals surface area contributed by atoms with Crippen molar-refractivity contribution >= 4 is 5.91 Å². The highest BCUT2D eigenvalue weighted by atomic mass is 16.2. The Morgan fingerprint density at radius 3 is 2.53 bits per heavy atom. The largest absolute Gasteiger partial charge is 0.355 e. The number of rotatable bonds is 8. The molecular formula is C15H31N3O. The molecule has 2 unspecified atom stereocenters. The van der Waals surface area contributed by atoms with Crippen LogP contribution < -0.4 is 10.6 Å². The maximum atomic E-state index is 11.8. The van der Waals surface area contributed by atoms with Gasteiger partial charge in [0, 0.05) is 19.1 Å². The maximum Gasteiger partial charge on any atom is 0.236 e. The van der Waals surface area contributed by atoms with Gasteiger partial charge in [-0.05, 0) is 46.2 Å². The van der Waals surface area contributed by atoms with Crippen molar-refractivity contribution in [1.29, 1.82) is 0 Å². The van der Waals surface area contributed by atoms with Crippen molar-refractivity contribution in [3.63, 3.8) is 0 Å². The zero-order chi connectivity index (χ0) is 14.1. The van der Waals surface area contributed by atoms with Gasteiger partial charge in [0.25, 0.3) is 0 Å². The predicted octanol–water partition coefficient (Wildman–Crippen LogP) is 1.76. The van der Waals surface area contributed by atoms with E-state index in [4.69, 9.17) is 0 Å². The van der Waals surface area contributed by atoms with E-state index in [1.165, 1.54) is 32.4 Å². The van der Waals surface area contributed by atoms with E-state index < -0.39 is 0 Å². The molecule has 112 valence electrons. The Labute approximate surface area is 118 Å². The van der Waals surface area contributed by atoms with Gasteiger partial charge in [-0.15, -0.1) is 0 Å². The summed E-state index contributed by atoms with van der Waals surface area (Å²) in [5.74, 6) is 0.124. The first kappa shape index (κ1) is 16.4. The van der Waals surface area contributed by atoms with Crippen molar-refractivity contribution < 1.29 is 4.79 Å². The molecule has 0 bridgehead atoms. The average Bonchev–Trinajstić information content (AvgIpc) is 2.45. The molecule has 2 atom stereocenters. The number of unbranched alkanes of at least 4 members (excludes halogenated alkanes) is 1. The van der Waals surface area contributed by atoms with E-state index in [1.54, 1.807) is 0 Å². The van der Waals surface area contributed by atoms with Crippen molar-refractivity contribution in [2.24, 2.45) is 0 Å². The zero-order valence-corrected chi connectivity index (χ0v) is 12.9. The van der Waals surface area contributed by atoms with Crippen molar-refractivity contribution in [3.8, 4) is 0 Å². The van der Waals surface area contributed by atoms with Gasteiger partial charge in [0.15, 0.2) is 0 Å². The van der Waals surface area contributed by atoms with Crippen LogP contribution in [0.1, 0.15) is 52.9 Å². The first-order valence-corrected chi connectivity index (χ1v) is 7.90. The van der Waals surface area contributed by atoms with Gasteiger partial charge in [-0.1, -0.05) is 19.8 Å². The normalized spacial score (nSPS) is 19.9. The SMILES string of the molecule is CCCCNC(=O)C(C)NCC(C)N1CCCCC1. The van der Waals surface area contributed by atoms with E-state index >= 15 is 0 Å². The number of carbonyl (C=O) groups excluding carboxylic acids is 1. The summed E-state index contributed by atoms with van der Waals surface area (Å²) in [5.41, 5.74) is 0. The molecule has 1 saturated heterocycles. The number of piperidine rings is 1. The Kier molecular flexibility index (Phi) is 8.07. The second-order valence-corrected chi connectivity index (χ2v) is 5.72. The second kappa shape index (κ2) is 9.32. The smallest absolute Gasteiger partial charge is 0.236 e. The van der Waals surface area contributed by atoms with Crippen LogP contribution in [-0.2, 0) is 4.79 Å². The lowest BCUT2D eigenvalue weighted by molar-refractivity contribution is -0.122. The van der Waals surface area contributed by atoms with E-state index in [1.807, 2.05) is 6.92 Å². The monoisotopic (exact) mass is 269 g/mol. The van der Waals surface area contributed by atoms with Crippen molar-refractivity contribution in [2.45, 2.75) is 65.0 Å². The van der Waals surface area contributed by atoms with Gasteiger partial charge in [-0.2, -0.15) is 0 Å². The van der Waals surface area contributed by atoms with Gasteiger partial charge in [0.2, 0.25) is 5.91 Å². The fourth-order valence-corrected chi connectivity index (χ4v) is 2.47. The van der Waals surface area contributed by atoms with Crippen LogP contribution in [0.25, 0.3) is 0 Å². The quantitative estimate of drug-likeness (QED) is 0.660. The number of carbonyl (C=O) groups is 1. The number of likely N-dealkylation sites (tertiary alicyclic amines) is 1. The lowest BCUT2D eigenvalue weighted by Gasteiger charge is -2.33. The number of hydrogen-bond acceptors (Lipinski definition) is 3. The van der Waals surface area contributed by atoms with E-state index in [0.717, 1.165) is 25.9 Å². The second-order valence-electron chi connectivity index (χ2n) is 5.72. The van der Waals surface area contributed by atoms with Gasteiger partial charge < -0.3 is 10.6 Å². The predicted molar refractivity (Wildman–Crippen MR) is 80.3 cm³/mol. The summed E-state index contributed by atoms with van der Waals surface area (Å²) in [4.78, 5) is 14.3. The topological polar surface area (TPSA) is 44.4 Å². The fourth-order valence-electron chi connectivity index (χ4n) is 2.47. The van der Waals surface area contributed by atoms with Crippen LogP contribution in [-0.4, -0.2) is 49.1 Å². The summed E-state index contributed by atoms with van der Waals surface area (Å²) < 4.78 is 0. The lowest BCUT2D eigenvalue weighted by Crippen LogP contribution is -2.49. The van der Waals surface area contributed by atoms with Crippen molar-refractivity contribution in [2.75, 3.05) is 26.2 Å². The highest BCUT2D eigenvalue weighted by molar-refractivity contribution is 5.81. The molecule has 0 spiro atoms. The van der Waals surface area contributed by atoms with Crippen LogP contribution in [0.2, 0.25) is 0 Å². The molecule has 1 amide bonds. The molecule has 0 aromatic rings. The Morgan fingerprint density at radius 1 is 1.21 bits per heavy atom. The molecule has 1 aliphatic rings. The fraction of sp³-hybridized carbons (Fsp3) is 0.933. The van der Waals surface area contributed by atoms with Crippen molar-refractivity contribution in [1.82, 2.24) is 15.5 Å². The molecule has 1 rings (SSSR count). The molecule has 0 saturated carbocycles. The minimum Gasteiger partial charge on any atom is -0.355 e. The average molecular weight is 269 g/mol. The summed E-state index contributed by atoms with van der Waals surface area (Å²) in [5, 5.41) is 6.32. The third-order valence-electron chi connectivity index (χ3n) is 3.96. The molecule has 19 heavy (non-hydrogen) atoms. The summed E-state index contributed by atoms with van der Waals surface area (Å²) in [6, 6.07) is 0.426. The summed E-state index contributed by atoms with van der Waals surface area (Å²) in [6.07, 6.45) is 6.18. The summed E-state index contributed by atoms with van der Waals surface area (Å²) in [6.45, 7) is 10.4. The molecule has 4 nitrogen and oxygen atoms in total. The van der Waals surface area contributed by atoms with E-state index in [2.05, 4.69) is 29.4 Å².